The topological polar surface area (TPSA) is 32.8 Å². The van der Waals surface area contributed by atoms with Crippen molar-refractivity contribution in [2.75, 3.05) is 19.8 Å². The van der Waals surface area contributed by atoms with Gasteiger partial charge in [0.1, 0.15) is 11.9 Å². The van der Waals surface area contributed by atoms with Gasteiger partial charge in [-0.15, -0.1) is 0 Å². The Morgan fingerprint density at radius 2 is 1.59 bits per heavy atom. The Morgan fingerprint density at radius 1 is 0.912 bits per heavy atom. The second-order valence-corrected chi connectivity index (χ2v) is 9.25. The van der Waals surface area contributed by atoms with Crippen LogP contribution < -0.4 is 0 Å². The number of nitrogens with zero attached hydrogens (tertiary/aromatic N) is 2. The van der Waals surface area contributed by atoms with Crippen LogP contribution in [0.1, 0.15) is 27.6 Å². The maximum Gasteiger partial charge on any atom is 0.182 e. The molecule has 0 aliphatic carbocycles. The Labute approximate surface area is 213 Å². The number of Topliss-reactive ketones (excluding diaryl/α,β-unsaturated/α-hetero) is 1. The quantitative estimate of drug-likeness (QED) is 0.286. The molecule has 0 fully saturated rings. The molecule has 1 aliphatic rings. The number of rotatable bonds is 9. The van der Waals surface area contributed by atoms with Gasteiger partial charge < -0.3 is 14.5 Å². The van der Waals surface area contributed by atoms with E-state index in [1.165, 1.54) is 24.3 Å². The second kappa shape index (κ2) is 11.2. The lowest BCUT2D eigenvalue weighted by Crippen LogP contribution is -2.32. The summed E-state index contributed by atoms with van der Waals surface area (Å²) in [5.41, 5.74) is 2.30. The molecule has 1 atom stereocenters. The molecule has 0 radical (unpaired) electrons. The lowest BCUT2D eigenvalue weighted by Gasteiger charge is -2.26. The highest BCUT2D eigenvalue weighted by atomic mass is 35.5. The first-order valence-electron chi connectivity index (χ1n) is 10.6. The largest absolute Gasteiger partial charge is 0.367 e. The summed E-state index contributed by atoms with van der Waals surface area (Å²) in [5, 5.41) is 1.77. The maximum atomic E-state index is 13.1. The van der Waals surface area contributed by atoms with E-state index in [2.05, 4.69) is 4.90 Å². The van der Waals surface area contributed by atoms with Crippen molar-refractivity contribution in [1.29, 1.82) is 0 Å². The Hall–Kier alpha value is -2.57. The fourth-order valence-corrected chi connectivity index (χ4v) is 4.21. The van der Waals surface area contributed by atoms with Gasteiger partial charge in [0.25, 0.3) is 0 Å². The second-order valence-electron chi connectivity index (χ2n) is 7.97. The minimum Gasteiger partial charge on any atom is -0.367 e. The van der Waals surface area contributed by atoms with Crippen LogP contribution in [0.5, 0.6) is 0 Å². The molecule has 4 nitrogen and oxygen atoms in total. The van der Waals surface area contributed by atoms with Crippen LogP contribution in [0, 0.1) is 5.82 Å². The van der Waals surface area contributed by atoms with Crippen molar-refractivity contribution in [3.8, 4) is 0 Å². The molecule has 0 aromatic heterocycles. The SMILES string of the molecule is O=C(CN1C=CN(CC(OCc2ccc(Cl)cc2Cl)c2ccc(Cl)cc2)C1)c1ccc(F)cc1. The van der Waals surface area contributed by atoms with E-state index in [9.17, 15) is 9.18 Å². The lowest BCUT2D eigenvalue weighted by atomic mass is 10.1. The Balaban J connectivity index is 1.40. The summed E-state index contributed by atoms with van der Waals surface area (Å²) < 4.78 is 19.4. The lowest BCUT2D eigenvalue weighted by molar-refractivity contribution is 0.0197. The normalized spacial score (nSPS) is 14.0. The number of carbonyl (C=O) groups is 1. The van der Waals surface area contributed by atoms with E-state index in [1.54, 1.807) is 12.1 Å². The van der Waals surface area contributed by atoms with Crippen LogP contribution >= 0.6 is 34.8 Å². The van der Waals surface area contributed by atoms with Gasteiger partial charge >= 0.3 is 0 Å². The van der Waals surface area contributed by atoms with E-state index in [1.807, 2.05) is 47.6 Å². The molecule has 1 unspecified atom stereocenters. The van der Waals surface area contributed by atoms with E-state index < -0.39 is 0 Å². The molecule has 0 N–H and O–H groups in total. The molecule has 3 aromatic rings. The maximum absolute atomic E-state index is 13.1. The number of hydrogen-bond acceptors (Lipinski definition) is 4. The molecule has 8 heteroatoms. The molecule has 0 spiro atoms. The average molecular weight is 520 g/mol. The van der Waals surface area contributed by atoms with Gasteiger partial charge in [-0.05, 0) is 59.7 Å². The summed E-state index contributed by atoms with van der Waals surface area (Å²) >= 11 is 18.4. The van der Waals surface area contributed by atoms with Crippen LogP contribution in [0.3, 0.4) is 0 Å². The summed E-state index contributed by atoms with van der Waals surface area (Å²) in [5.74, 6) is -0.439. The number of halogens is 4. The molecule has 176 valence electrons. The van der Waals surface area contributed by atoms with E-state index in [4.69, 9.17) is 39.5 Å². The molecule has 0 amide bonds. The van der Waals surface area contributed by atoms with Gasteiger partial charge in [-0.3, -0.25) is 4.79 Å². The molecule has 1 heterocycles. The molecule has 1 aliphatic heterocycles. The third kappa shape index (κ3) is 6.51. The first-order valence-corrected chi connectivity index (χ1v) is 11.8. The summed E-state index contributed by atoms with van der Waals surface area (Å²) in [6.07, 6.45) is 3.54. The zero-order valence-corrected chi connectivity index (χ0v) is 20.4. The van der Waals surface area contributed by atoms with Crippen LogP contribution in [0.2, 0.25) is 15.1 Å². The van der Waals surface area contributed by atoms with Crippen molar-refractivity contribution in [2.24, 2.45) is 0 Å². The summed E-state index contributed by atoms with van der Waals surface area (Å²) in [4.78, 5) is 16.5. The molecule has 0 saturated carbocycles. The van der Waals surface area contributed by atoms with Gasteiger partial charge in [-0.2, -0.15) is 0 Å². The standard InChI is InChI=1S/C26H22Cl3FN2O2/c27-21-6-1-19(2-7-21)26(34-16-20-3-8-22(28)13-24(20)29)15-32-12-11-31(17-32)14-25(33)18-4-9-23(30)10-5-18/h1-13,26H,14-17H2. The van der Waals surface area contributed by atoms with Gasteiger partial charge in [-0.25, -0.2) is 4.39 Å². The molecule has 34 heavy (non-hydrogen) atoms. The minimum atomic E-state index is -0.364. The van der Waals surface area contributed by atoms with Gasteiger partial charge in [0.15, 0.2) is 5.78 Å². The van der Waals surface area contributed by atoms with Crippen molar-refractivity contribution in [3.63, 3.8) is 0 Å². The summed E-state index contributed by atoms with van der Waals surface area (Å²) in [6.45, 7) is 1.60. The molecule has 0 saturated heterocycles. The van der Waals surface area contributed by atoms with Crippen LogP contribution in [0.25, 0.3) is 0 Å². The number of carbonyl (C=O) groups excluding carboxylic acids is 1. The Bertz CT molecular complexity index is 1170. The van der Waals surface area contributed by atoms with Crippen LogP contribution in [-0.2, 0) is 11.3 Å². The van der Waals surface area contributed by atoms with Crippen LogP contribution in [-0.4, -0.2) is 35.3 Å². The zero-order valence-electron chi connectivity index (χ0n) is 18.1. The van der Waals surface area contributed by atoms with E-state index in [0.29, 0.717) is 40.5 Å². The van der Waals surface area contributed by atoms with Crippen molar-refractivity contribution in [1.82, 2.24) is 9.80 Å². The predicted octanol–water partition coefficient (Wildman–Crippen LogP) is 6.97. The van der Waals surface area contributed by atoms with Crippen molar-refractivity contribution >= 4 is 40.6 Å². The Morgan fingerprint density at radius 3 is 2.29 bits per heavy atom. The highest BCUT2D eigenvalue weighted by molar-refractivity contribution is 6.35. The highest BCUT2D eigenvalue weighted by Gasteiger charge is 2.21. The van der Waals surface area contributed by atoms with Gasteiger partial charge in [0.05, 0.1) is 19.8 Å². The minimum absolute atomic E-state index is 0.0746. The number of hydrogen-bond donors (Lipinski definition) is 0. The molecule has 3 aromatic carbocycles. The summed E-state index contributed by atoms with van der Waals surface area (Å²) in [6, 6.07) is 18.4. The Kier molecular flexibility index (Phi) is 8.11. The summed E-state index contributed by atoms with van der Waals surface area (Å²) in [7, 11) is 0. The molecular weight excluding hydrogens is 498 g/mol. The zero-order chi connectivity index (χ0) is 24.1. The smallest absolute Gasteiger partial charge is 0.182 e. The third-order valence-corrected chi connectivity index (χ3v) is 6.30. The van der Waals surface area contributed by atoms with Crippen molar-refractivity contribution < 1.29 is 13.9 Å². The number of ketones is 1. The third-order valence-electron chi connectivity index (χ3n) is 5.46. The molecule has 4 rings (SSSR count). The fourth-order valence-electron chi connectivity index (χ4n) is 3.62. The van der Waals surface area contributed by atoms with Crippen LogP contribution in [0.15, 0.2) is 79.1 Å². The molecular formula is C26H22Cl3FN2O2. The first-order chi connectivity index (χ1) is 16.4. The first kappa shape index (κ1) is 24.6. The molecule has 0 bridgehead atoms. The van der Waals surface area contributed by atoms with Crippen molar-refractivity contribution in [2.45, 2.75) is 12.7 Å². The number of benzene rings is 3. The van der Waals surface area contributed by atoms with E-state index in [-0.39, 0.29) is 24.2 Å². The van der Waals surface area contributed by atoms with E-state index >= 15 is 0 Å². The van der Waals surface area contributed by atoms with Crippen LogP contribution in [0.4, 0.5) is 4.39 Å². The van der Waals surface area contributed by atoms with Gasteiger partial charge in [0, 0.05) is 39.6 Å². The van der Waals surface area contributed by atoms with Crippen molar-refractivity contribution in [3.05, 3.63) is 117 Å². The average Bonchev–Trinajstić information content (AvgIpc) is 3.25. The van der Waals surface area contributed by atoms with Gasteiger partial charge in [0.2, 0.25) is 0 Å². The monoisotopic (exact) mass is 518 g/mol. The van der Waals surface area contributed by atoms with E-state index in [0.717, 1.165) is 11.1 Å². The fraction of sp³-hybridized carbons (Fsp3) is 0.192. The predicted molar refractivity (Wildman–Crippen MR) is 134 cm³/mol. The van der Waals surface area contributed by atoms with Gasteiger partial charge in [-0.1, -0.05) is 53.0 Å². The number of ether oxygens (including phenoxy) is 1. The highest BCUT2D eigenvalue weighted by Crippen LogP contribution is 2.27.